The lowest BCUT2D eigenvalue weighted by Gasteiger charge is -2.13. The summed E-state index contributed by atoms with van der Waals surface area (Å²) in [6.45, 7) is 3.67. The van der Waals surface area contributed by atoms with E-state index in [1.165, 1.54) is 4.88 Å². The van der Waals surface area contributed by atoms with Gasteiger partial charge in [0, 0.05) is 10.8 Å². The first-order valence-electron chi connectivity index (χ1n) is 5.07. The molecule has 1 heterocycles. The van der Waals surface area contributed by atoms with E-state index in [1.54, 1.807) is 11.3 Å². The highest BCUT2D eigenvalue weighted by molar-refractivity contribution is 7.10. The summed E-state index contributed by atoms with van der Waals surface area (Å²) in [6, 6.07) is 4.00. The molecule has 1 aromatic heterocycles. The number of nitrogens with two attached hydrogens (primary N) is 1. The molecule has 1 aliphatic rings. The number of ether oxygens (including phenoxy) is 1. The first-order chi connectivity index (χ1) is 7.04. The van der Waals surface area contributed by atoms with Gasteiger partial charge in [-0.25, -0.2) is 0 Å². The minimum Gasteiger partial charge on any atom is -0.462 e. The fourth-order valence-electron chi connectivity index (χ4n) is 1.67. The van der Waals surface area contributed by atoms with Crippen molar-refractivity contribution in [2.24, 2.45) is 5.73 Å². The van der Waals surface area contributed by atoms with Gasteiger partial charge in [-0.05, 0) is 31.7 Å². The molecule has 1 aromatic rings. The second-order valence-electron chi connectivity index (χ2n) is 4.27. The van der Waals surface area contributed by atoms with E-state index >= 15 is 0 Å². The van der Waals surface area contributed by atoms with Gasteiger partial charge in [0.05, 0.1) is 6.10 Å². The first kappa shape index (κ1) is 10.6. The monoisotopic (exact) mass is 225 g/mol. The van der Waals surface area contributed by atoms with Crippen LogP contribution in [0.2, 0.25) is 0 Å². The summed E-state index contributed by atoms with van der Waals surface area (Å²) in [5, 5.41) is 2.00. The maximum Gasteiger partial charge on any atom is 0.327 e. The molecule has 0 bridgehead atoms. The van der Waals surface area contributed by atoms with E-state index in [4.69, 9.17) is 10.5 Å². The van der Waals surface area contributed by atoms with Gasteiger partial charge in [-0.2, -0.15) is 0 Å². The van der Waals surface area contributed by atoms with Gasteiger partial charge in [-0.15, -0.1) is 11.3 Å². The third kappa shape index (κ3) is 1.92. The highest BCUT2D eigenvalue weighted by atomic mass is 32.1. The van der Waals surface area contributed by atoms with Gasteiger partial charge < -0.3 is 10.5 Å². The van der Waals surface area contributed by atoms with Crippen molar-refractivity contribution < 1.29 is 9.53 Å². The van der Waals surface area contributed by atoms with E-state index in [1.807, 2.05) is 31.4 Å². The second kappa shape index (κ2) is 3.61. The van der Waals surface area contributed by atoms with Crippen LogP contribution in [0.3, 0.4) is 0 Å². The summed E-state index contributed by atoms with van der Waals surface area (Å²) in [5.41, 5.74) is 5.24. The summed E-state index contributed by atoms with van der Waals surface area (Å²) < 4.78 is 5.15. The number of esters is 1. The van der Waals surface area contributed by atoms with E-state index in [9.17, 15) is 4.79 Å². The highest BCUT2D eigenvalue weighted by Crippen LogP contribution is 2.51. The standard InChI is InChI=1S/C11H15NO2S/c1-7(2)14-10(13)11(12)6-8(11)9-4-3-5-15-9/h3-5,7-8H,6,12H2,1-2H3. The molecule has 0 spiro atoms. The van der Waals surface area contributed by atoms with Crippen molar-refractivity contribution in [3.05, 3.63) is 22.4 Å². The van der Waals surface area contributed by atoms with Crippen LogP contribution in [0.1, 0.15) is 31.1 Å². The minimum absolute atomic E-state index is 0.0949. The van der Waals surface area contributed by atoms with Gasteiger partial charge in [0.25, 0.3) is 0 Å². The van der Waals surface area contributed by atoms with E-state index in [-0.39, 0.29) is 18.0 Å². The van der Waals surface area contributed by atoms with Crippen LogP contribution in [-0.2, 0) is 9.53 Å². The van der Waals surface area contributed by atoms with Crippen LogP contribution >= 0.6 is 11.3 Å². The van der Waals surface area contributed by atoms with Crippen LogP contribution in [0.15, 0.2) is 17.5 Å². The summed E-state index contributed by atoms with van der Waals surface area (Å²) in [6.07, 6.45) is 0.613. The third-order valence-electron chi connectivity index (χ3n) is 2.61. The normalized spacial score (nSPS) is 29.2. The molecule has 0 aromatic carbocycles. The number of hydrogen-bond donors (Lipinski definition) is 1. The Bertz CT molecular complexity index is 361. The SMILES string of the molecule is CC(C)OC(=O)C1(N)CC1c1cccs1. The number of carbonyl (C=O) groups excluding carboxylic acids is 1. The molecule has 1 aliphatic carbocycles. The Morgan fingerprint density at radius 2 is 2.47 bits per heavy atom. The zero-order valence-corrected chi connectivity index (χ0v) is 9.71. The molecule has 4 heteroatoms. The van der Waals surface area contributed by atoms with E-state index in [2.05, 4.69) is 0 Å². The molecule has 1 fully saturated rings. The van der Waals surface area contributed by atoms with Crippen LogP contribution < -0.4 is 5.73 Å². The van der Waals surface area contributed by atoms with Crippen LogP contribution in [-0.4, -0.2) is 17.6 Å². The van der Waals surface area contributed by atoms with Gasteiger partial charge in [0.2, 0.25) is 0 Å². The van der Waals surface area contributed by atoms with Gasteiger partial charge in [0.15, 0.2) is 0 Å². The summed E-state index contributed by atoms with van der Waals surface area (Å²) in [5.74, 6) is -0.111. The number of hydrogen-bond acceptors (Lipinski definition) is 4. The fraction of sp³-hybridized carbons (Fsp3) is 0.545. The van der Waals surface area contributed by atoms with E-state index < -0.39 is 5.54 Å². The zero-order chi connectivity index (χ0) is 11.1. The maximum absolute atomic E-state index is 11.7. The average molecular weight is 225 g/mol. The second-order valence-corrected chi connectivity index (χ2v) is 5.25. The lowest BCUT2D eigenvalue weighted by Crippen LogP contribution is -2.37. The van der Waals surface area contributed by atoms with Crippen molar-refractivity contribution in [1.29, 1.82) is 0 Å². The predicted octanol–water partition coefficient (Wildman–Crippen LogP) is 1.88. The molecule has 0 radical (unpaired) electrons. The molecule has 0 aliphatic heterocycles. The van der Waals surface area contributed by atoms with Gasteiger partial charge in [0.1, 0.15) is 5.54 Å². The Labute approximate surface area is 93.2 Å². The van der Waals surface area contributed by atoms with Crippen LogP contribution in [0, 0.1) is 0 Å². The Morgan fingerprint density at radius 3 is 3.00 bits per heavy atom. The van der Waals surface area contributed by atoms with Crippen LogP contribution in [0.4, 0.5) is 0 Å². The number of carbonyl (C=O) groups is 1. The molecular weight excluding hydrogens is 210 g/mol. The predicted molar refractivity (Wildman–Crippen MR) is 59.8 cm³/mol. The molecule has 2 unspecified atom stereocenters. The Kier molecular flexibility index (Phi) is 2.56. The Balaban J connectivity index is 2.03. The topological polar surface area (TPSA) is 52.3 Å². The van der Waals surface area contributed by atoms with Gasteiger partial charge >= 0.3 is 5.97 Å². The van der Waals surface area contributed by atoms with Crippen molar-refractivity contribution in [3.8, 4) is 0 Å². The molecule has 15 heavy (non-hydrogen) atoms. The van der Waals surface area contributed by atoms with Crippen LogP contribution in [0.25, 0.3) is 0 Å². The average Bonchev–Trinajstić information content (AvgIpc) is 2.64. The van der Waals surface area contributed by atoms with Crippen molar-refractivity contribution in [3.63, 3.8) is 0 Å². The molecule has 2 atom stereocenters. The number of rotatable bonds is 3. The highest BCUT2D eigenvalue weighted by Gasteiger charge is 2.59. The lowest BCUT2D eigenvalue weighted by atomic mass is 10.2. The Morgan fingerprint density at radius 1 is 1.73 bits per heavy atom. The maximum atomic E-state index is 11.7. The van der Waals surface area contributed by atoms with E-state index in [0.29, 0.717) is 6.42 Å². The van der Waals surface area contributed by atoms with Crippen molar-refractivity contribution in [2.75, 3.05) is 0 Å². The lowest BCUT2D eigenvalue weighted by molar-refractivity contribution is -0.150. The summed E-state index contributed by atoms with van der Waals surface area (Å²) >= 11 is 1.64. The first-order valence-corrected chi connectivity index (χ1v) is 5.95. The molecular formula is C11H15NO2S. The molecule has 1 saturated carbocycles. The molecule has 2 rings (SSSR count). The molecule has 82 valence electrons. The van der Waals surface area contributed by atoms with Crippen molar-refractivity contribution in [1.82, 2.24) is 0 Å². The zero-order valence-electron chi connectivity index (χ0n) is 8.90. The van der Waals surface area contributed by atoms with Gasteiger partial charge in [-0.3, -0.25) is 4.79 Å². The minimum atomic E-state index is -0.769. The van der Waals surface area contributed by atoms with E-state index in [0.717, 1.165) is 0 Å². The summed E-state index contributed by atoms with van der Waals surface area (Å²) in [4.78, 5) is 12.9. The smallest absolute Gasteiger partial charge is 0.327 e. The third-order valence-corrected chi connectivity index (χ3v) is 3.60. The van der Waals surface area contributed by atoms with Gasteiger partial charge in [-0.1, -0.05) is 6.07 Å². The molecule has 0 amide bonds. The molecule has 2 N–H and O–H groups in total. The quantitative estimate of drug-likeness (QED) is 0.799. The fourth-order valence-corrected chi connectivity index (χ4v) is 2.60. The molecule has 0 saturated heterocycles. The van der Waals surface area contributed by atoms with Crippen molar-refractivity contribution >= 4 is 17.3 Å². The Hall–Kier alpha value is -0.870. The largest absolute Gasteiger partial charge is 0.462 e. The molecule has 3 nitrogen and oxygen atoms in total. The summed E-state index contributed by atoms with van der Waals surface area (Å²) in [7, 11) is 0. The van der Waals surface area contributed by atoms with Crippen LogP contribution in [0.5, 0.6) is 0 Å². The van der Waals surface area contributed by atoms with Crippen molar-refractivity contribution in [2.45, 2.75) is 37.8 Å². The number of thiophene rings is 1.